The quantitative estimate of drug-likeness (QED) is 0.680. The maximum Gasteiger partial charge on any atom is 0.315 e. The van der Waals surface area contributed by atoms with Crippen molar-refractivity contribution in [3.05, 3.63) is 35.9 Å². The molecule has 1 aromatic rings. The highest BCUT2D eigenvalue weighted by Gasteiger charge is 2.20. The van der Waals surface area contributed by atoms with Crippen molar-refractivity contribution in [3.63, 3.8) is 0 Å². The molecule has 6 nitrogen and oxygen atoms in total. The molecule has 1 aromatic carbocycles. The summed E-state index contributed by atoms with van der Waals surface area (Å²) in [5.41, 5.74) is 0.935. The number of nitrogens with one attached hydrogen (secondary N) is 1. The summed E-state index contributed by atoms with van der Waals surface area (Å²) in [6.07, 6.45) is 0.419. The zero-order valence-electron chi connectivity index (χ0n) is 11.8. The minimum Gasteiger partial charge on any atom is -0.481 e. The smallest absolute Gasteiger partial charge is 0.315 e. The van der Waals surface area contributed by atoms with E-state index in [0.717, 1.165) is 5.56 Å². The Hall–Kier alpha value is -1.89. The summed E-state index contributed by atoms with van der Waals surface area (Å²) in [4.78, 5) is 21.9. The number of hydrogen-bond donors (Lipinski definition) is 2. The first-order valence-corrected chi connectivity index (χ1v) is 8.39. The molecule has 1 amide bonds. The maximum atomic E-state index is 11.8. The van der Waals surface area contributed by atoms with E-state index in [-0.39, 0.29) is 18.1 Å². The van der Waals surface area contributed by atoms with E-state index in [0.29, 0.717) is 6.42 Å². The molecule has 0 bridgehead atoms. The van der Waals surface area contributed by atoms with Gasteiger partial charge in [-0.2, -0.15) is 0 Å². The highest BCUT2D eigenvalue weighted by molar-refractivity contribution is 7.91. The number of carboxylic acids is 1. The molecule has 1 unspecified atom stereocenters. The minimum atomic E-state index is -3.28. The van der Waals surface area contributed by atoms with Gasteiger partial charge in [0.05, 0.1) is 11.5 Å². The van der Waals surface area contributed by atoms with E-state index >= 15 is 0 Å². The highest BCUT2D eigenvalue weighted by Crippen LogP contribution is 2.02. The second-order valence-electron chi connectivity index (χ2n) is 4.74. The predicted octanol–water partition coefficient (Wildman–Crippen LogP) is 0.481. The third-order valence-electron chi connectivity index (χ3n) is 3.02. The summed E-state index contributed by atoms with van der Waals surface area (Å²) in [6, 6.07) is 9.25. The molecule has 0 spiro atoms. The summed E-state index contributed by atoms with van der Waals surface area (Å²) in [6.45, 7) is 1.18. The van der Waals surface area contributed by atoms with Crippen molar-refractivity contribution in [2.24, 2.45) is 5.92 Å². The van der Waals surface area contributed by atoms with Crippen molar-refractivity contribution in [2.45, 2.75) is 13.3 Å². The number of carbonyl (C=O) groups is 2. The van der Waals surface area contributed by atoms with Gasteiger partial charge in [-0.3, -0.25) is 9.59 Å². The van der Waals surface area contributed by atoms with Gasteiger partial charge in [-0.15, -0.1) is 0 Å². The van der Waals surface area contributed by atoms with E-state index in [1.54, 1.807) is 0 Å². The lowest BCUT2D eigenvalue weighted by Crippen LogP contribution is -2.36. The van der Waals surface area contributed by atoms with Crippen LogP contribution < -0.4 is 5.32 Å². The fraction of sp³-hybridized carbons (Fsp3) is 0.429. The third-order valence-corrected chi connectivity index (χ3v) is 4.67. The molecule has 21 heavy (non-hydrogen) atoms. The van der Waals surface area contributed by atoms with E-state index < -0.39 is 27.6 Å². The molecule has 0 fully saturated rings. The lowest BCUT2D eigenvalue weighted by Gasteiger charge is -2.09. The van der Waals surface area contributed by atoms with Crippen LogP contribution in [0.3, 0.4) is 0 Å². The molecule has 0 aliphatic carbocycles. The third kappa shape index (κ3) is 6.40. The van der Waals surface area contributed by atoms with Gasteiger partial charge in [-0.25, -0.2) is 8.42 Å². The molecular formula is C14H19NO5S. The zero-order chi connectivity index (χ0) is 15.9. The zero-order valence-corrected chi connectivity index (χ0v) is 12.6. The summed E-state index contributed by atoms with van der Waals surface area (Å²) in [5, 5.41) is 11.0. The number of hydrogen-bond acceptors (Lipinski definition) is 4. The van der Waals surface area contributed by atoms with Crippen LogP contribution in [0.25, 0.3) is 0 Å². The van der Waals surface area contributed by atoms with E-state index in [1.165, 1.54) is 6.92 Å². The number of carboxylic acid groups (broad SMARTS) is 1. The van der Waals surface area contributed by atoms with Gasteiger partial charge in [0.1, 0.15) is 5.92 Å². The fourth-order valence-corrected chi connectivity index (χ4v) is 2.78. The molecule has 0 aliphatic rings. The normalized spacial score (nSPS) is 12.6. The SMILES string of the molecule is CC(C(=O)O)C(=O)NCCS(=O)(=O)CCc1ccccc1. The summed E-state index contributed by atoms with van der Waals surface area (Å²) in [5.74, 6) is -3.29. The molecule has 0 saturated heterocycles. The lowest BCUT2D eigenvalue weighted by molar-refractivity contribution is -0.146. The largest absolute Gasteiger partial charge is 0.481 e. The second-order valence-corrected chi connectivity index (χ2v) is 7.04. The summed E-state index contributed by atoms with van der Waals surface area (Å²) < 4.78 is 23.6. The van der Waals surface area contributed by atoms with Crippen molar-refractivity contribution >= 4 is 21.7 Å². The van der Waals surface area contributed by atoms with Crippen molar-refractivity contribution in [1.82, 2.24) is 5.32 Å². The number of benzene rings is 1. The van der Waals surface area contributed by atoms with E-state index in [1.807, 2.05) is 30.3 Å². The Morgan fingerprint density at radius 1 is 1.19 bits per heavy atom. The molecule has 0 heterocycles. The Morgan fingerprint density at radius 3 is 2.38 bits per heavy atom. The summed E-state index contributed by atoms with van der Waals surface area (Å²) >= 11 is 0. The van der Waals surface area contributed by atoms with Crippen LogP contribution in [-0.4, -0.2) is 43.5 Å². The van der Waals surface area contributed by atoms with Gasteiger partial charge in [0.25, 0.3) is 0 Å². The molecule has 1 atom stereocenters. The average molecular weight is 313 g/mol. The summed E-state index contributed by atoms with van der Waals surface area (Å²) in [7, 11) is -3.28. The monoisotopic (exact) mass is 313 g/mol. The molecule has 116 valence electrons. The topological polar surface area (TPSA) is 101 Å². The van der Waals surface area contributed by atoms with Crippen LogP contribution in [0.5, 0.6) is 0 Å². The van der Waals surface area contributed by atoms with Crippen LogP contribution in [0.4, 0.5) is 0 Å². The molecule has 2 N–H and O–H groups in total. The molecule has 1 rings (SSSR count). The Morgan fingerprint density at radius 2 is 1.81 bits per heavy atom. The average Bonchev–Trinajstić information content (AvgIpc) is 2.45. The molecule has 7 heteroatoms. The van der Waals surface area contributed by atoms with Crippen molar-refractivity contribution < 1.29 is 23.1 Å². The van der Waals surface area contributed by atoms with Crippen LogP contribution in [0, 0.1) is 5.92 Å². The Balaban J connectivity index is 2.37. The second kappa shape index (κ2) is 7.78. The van der Waals surface area contributed by atoms with Crippen LogP contribution in [0.2, 0.25) is 0 Å². The van der Waals surface area contributed by atoms with Gasteiger partial charge < -0.3 is 10.4 Å². The maximum absolute atomic E-state index is 11.8. The highest BCUT2D eigenvalue weighted by atomic mass is 32.2. The number of amides is 1. The standard InChI is InChI=1S/C14H19NO5S/c1-11(14(17)18)13(16)15-8-10-21(19,20)9-7-12-5-3-2-4-6-12/h2-6,11H,7-10H2,1H3,(H,15,16)(H,17,18). The number of rotatable bonds is 8. The lowest BCUT2D eigenvalue weighted by atomic mass is 10.2. The first kappa shape index (κ1) is 17.2. The van der Waals surface area contributed by atoms with Gasteiger partial charge in [0.2, 0.25) is 5.91 Å². The number of sulfone groups is 1. The molecule has 0 radical (unpaired) electrons. The van der Waals surface area contributed by atoms with Crippen molar-refractivity contribution in [1.29, 1.82) is 0 Å². The molecular weight excluding hydrogens is 294 g/mol. The van der Waals surface area contributed by atoms with Crippen molar-refractivity contribution in [2.75, 3.05) is 18.1 Å². The van der Waals surface area contributed by atoms with Crippen LogP contribution in [-0.2, 0) is 25.8 Å². The van der Waals surface area contributed by atoms with Gasteiger partial charge in [-0.05, 0) is 18.9 Å². The van der Waals surface area contributed by atoms with Crippen LogP contribution in [0.15, 0.2) is 30.3 Å². The Labute approximate surface area is 124 Å². The van der Waals surface area contributed by atoms with Gasteiger partial charge in [0.15, 0.2) is 9.84 Å². The predicted molar refractivity (Wildman–Crippen MR) is 78.6 cm³/mol. The van der Waals surface area contributed by atoms with Gasteiger partial charge in [-0.1, -0.05) is 30.3 Å². The van der Waals surface area contributed by atoms with Gasteiger partial charge >= 0.3 is 5.97 Å². The fourth-order valence-electron chi connectivity index (χ4n) is 1.62. The van der Waals surface area contributed by atoms with E-state index in [2.05, 4.69) is 5.32 Å². The van der Waals surface area contributed by atoms with Gasteiger partial charge in [0, 0.05) is 6.54 Å². The van der Waals surface area contributed by atoms with Crippen molar-refractivity contribution in [3.8, 4) is 0 Å². The van der Waals surface area contributed by atoms with E-state index in [4.69, 9.17) is 5.11 Å². The first-order chi connectivity index (χ1) is 9.82. The van der Waals surface area contributed by atoms with Crippen LogP contribution in [0.1, 0.15) is 12.5 Å². The number of carbonyl (C=O) groups excluding carboxylic acids is 1. The van der Waals surface area contributed by atoms with E-state index in [9.17, 15) is 18.0 Å². The minimum absolute atomic E-state index is 0.00136. The first-order valence-electron chi connectivity index (χ1n) is 6.57. The number of aryl methyl sites for hydroxylation is 1. The molecule has 0 saturated carbocycles. The van der Waals surface area contributed by atoms with Crippen LogP contribution >= 0.6 is 0 Å². The number of aliphatic carboxylic acids is 1. The Bertz CT molecular complexity index is 583. The Kier molecular flexibility index (Phi) is 6.36. The molecule has 0 aromatic heterocycles. The molecule has 0 aliphatic heterocycles.